The van der Waals surface area contributed by atoms with Crippen molar-refractivity contribution in [3.05, 3.63) is 40.5 Å². The molecule has 0 radical (unpaired) electrons. The molecule has 0 bridgehead atoms. The van der Waals surface area contributed by atoms with E-state index in [9.17, 15) is 18.3 Å². The predicted octanol–water partition coefficient (Wildman–Crippen LogP) is 3.42. The fourth-order valence-electron chi connectivity index (χ4n) is 6.90. The molecular weight excluding hydrogens is 469 g/mol. The largest absolute Gasteiger partial charge is 0.393 e. The number of amides is 1. The van der Waals surface area contributed by atoms with E-state index < -0.39 is 21.6 Å². The third-order valence-electron chi connectivity index (χ3n) is 8.66. The predicted molar refractivity (Wildman–Crippen MR) is 130 cm³/mol. The summed E-state index contributed by atoms with van der Waals surface area (Å²) in [6.07, 6.45) is 8.22. The summed E-state index contributed by atoms with van der Waals surface area (Å²) in [5, 5.41) is 13.2. The molecule has 1 aromatic heterocycles. The second-order valence-corrected chi connectivity index (χ2v) is 13.0. The molecule has 35 heavy (non-hydrogen) atoms. The monoisotopic (exact) mass is 501 g/mol. The van der Waals surface area contributed by atoms with Crippen molar-refractivity contribution in [1.82, 2.24) is 4.57 Å². The fourth-order valence-corrected chi connectivity index (χ4v) is 9.36. The third kappa shape index (κ3) is 3.69. The highest BCUT2D eigenvalue weighted by molar-refractivity contribution is 7.91. The van der Waals surface area contributed by atoms with Gasteiger partial charge in [0, 0.05) is 17.4 Å². The van der Waals surface area contributed by atoms with Crippen LogP contribution in [0.5, 0.6) is 0 Å². The van der Waals surface area contributed by atoms with Gasteiger partial charge in [-0.1, -0.05) is 6.42 Å². The molecule has 188 valence electrons. The standard InChI is InChI=1S/C26H32FN3O4S/c27-19-11-16(12-20(23(19)25(28)32)29-15-5-7-17(31)8-6-15)30-21-4-1-3-18(21)24-22(30)13-26(9-2-10-26)14-35(24,33)34/h11-12,15,17,29,31H,1-10,13-14H2,(H2,28,32). The second kappa shape index (κ2) is 8.06. The number of carbonyl (C=O) groups is 1. The maximum absolute atomic E-state index is 15.4. The Morgan fingerprint density at radius 3 is 2.51 bits per heavy atom. The topological polar surface area (TPSA) is 114 Å². The van der Waals surface area contributed by atoms with Crippen LogP contribution in [0.3, 0.4) is 0 Å². The molecule has 0 unspecified atom stereocenters. The van der Waals surface area contributed by atoms with E-state index in [0.29, 0.717) is 54.8 Å². The van der Waals surface area contributed by atoms with Crippen LogP contribution in [0.15, 0.2) is 17.0 Å². The van der Waals surface area contributed by atoms with Gasteiger partial charge in [0.1, 0.15) is 5.82 Å². The Kier molecular flexibility index (Phi) is 5.31. The molecular formula is C26H32FN3O4S. The second-order valence-electron chi connectivity index (χ2n) is 11.0. The van der Waals surface area contributed by atoms with E-state index in [1.165, 1.54) is 6.07 Å². The van der Waals surface area contributed by atoms with E-state index in [1.54, 1.807) is 6.07 Å². The molecule has 1 aliphatic heterocycles. The van der Waals surface area contributed by atoms with Crippen molar-refractivity contribution in [2.75, 3.05) is 11.1 Å². The summed E-state index contributed by atoms with van der Waals surface area (Å²) >= 11 is 0. The molecule has 7 nitrogen and oxygen atoms in total. The number of aliphatic hydroxyl groups excluding tert-OH is 1. The smallest absolute Gasteiger partial charge is 0.253 e. The lowest BCUT2D eigenvalue weighted by molar-refractivity contribution is 0.0996. The Labute approximate surface area is 204 Å². The van der Waals surface area contributed by atoms with Gasteiger partial charge < -0.3 is 20.7 Å². The average Bonchev–Trinajstić information content (AvgIpc) is 3.33. The first-order valence-electron chi connectivity index (χ1n) is 12.7. The van der Waals surface area contributed by atoms with Gasteiger partial charge in [0.15, 0.2) is 9.84 Å². The minimum absolute atomic E-state index is 0.00549. The molecule has 3 aliphatic carbocycles. The zero-order chi connectivity index (χ0) is 24.5. The SMILES string of the molecule is NC(=O)c1c(F)cc(-n2c3c(c4c2CC2(CCC2)CS4(=O)=O)CCC3)cc1NC1CCC(O)CC1. The number of aliphatic hydroxyl groups is 1. The first-order valence-corrected chi connectivity index (χ1v) is 14.4. The Balaban J connectivity index is 1.50. The molecule has 1 amide bonds. The highest BCUT2D eigenvalue weighted by Gasteiger charge is 2.49. The van der Waals surface area contributed by atoms with Gasteiger partial charge in [0.25, 0.3) is 5.91 Å². The number of hydrogen-bond acceptors (Lipinski definition) is 5. The number of primary amides is 1. The molecule has 6 rings (SSSR count). The molecule has 1 spiro atoms. The van der Waals surface area contributed by atoms with E-state index in [1.807, 2.05) is 4.57 Å². The van der Waals surface area contributed by atoms with Crippen molar-refractivity contribution in [3.63, 3.8) is 0 Å². The Hall–Kier alpha value is -2.39. The van der Waals surface area contributed by atoms with Crippen molar-refractivity contribution in [3.8, 4) is 5.69 Å². The number of nitrogens with zero attached hydrogens (tertiary/aromatic N) is 1. The van der Waals surface area contributed by atoms with Crippen LogP contribution < -0.4 is 11.1 Å². The summed E-state index contributed by atoms with van der Waals surface area (Å²) in [6, 6.07) is 3.07. The molecule has 4 aliphatic rings. The number of anilines is 1. The summed E-state index contributed by atoms with van der Waals surface area (Å²) < 4.78 is 44.3. The van der Waals surface area contributed by atoms with Gasteiger partial charge >= 0.3 is 0 Å². The van der Waals surface area contributed by atoms with E-state index in [-0.39, 0.29) is 28.9 Å². The summed E-state index contributed by atoms with van der Waals surface area (Å²) in [7, 11) is -3.42. The first-order chi connectivity index (χ1) is 16.7. The molecule has 2 aromatic rings. The maximum atomic E-state index is 15.4. The average molecular weight is 502 g/mol. The lowest BCUT2D eigenvalue weighted by Gasteiger charge is -2.44. The first kappa shape index (κ1) is 23.0. The lowest BCUT2D eigenvalue weighted by Crippen LogP contribution is -2.43. The van der Waals surface area contributed by atoms with Crippen molar-refractivity contribution in [2.24, 2.45) is 11.1 Å². The van der Waals surface area contributed by atoms with Crippen LogP contribution >= 0.6 is 0 Å². The molecule has 2 saturated carbocycles. The van der Waals surface area contributed by atoms with Gasteiger partial charge in [-0.25, -0.2) is 12.8 Å². The highest BCUT2D eigenvalue weighted by Crippen LogP contribution is 2.52. The van der Waals surface area contributed by atoms with Crippen molar-refractivity contribution in [2.45, 2.75) is 87.7 Å². The zero-order valence-corrected chi connectivity index (χ0v) is 20.6. The minimum Gasteiger partial charge on any atom is -0.393 e. The number of sulfone groups is 1. The van der Waals surface area contributed by atoms with Crippen LogP contribution in [0, 0.1) is 11.2 Å². The van der Waals surface area contributed by atoms with Crippen LogP contribution in [-0.4, -0.2) is 41.9 Å². The Morgan fingerprint density at radius 2 is 1.86 bits per heavy atom. The summed E-state index contributed by atoms with van der Waals surface area (Å²) in [5.74, 6) is -1.35. The highest BCUT2D eigenvalue weighted by atomic mass is 32.2. The van der Waals surface area contributed by atoms with E-state index in [0.717, 1.165) is 49.1 Å². The molecule has 2 fully saturated rings. The normalized spacial score (nSPS) is 26.1. The Bertz CT molecular complexity index is 1320. The van der Waals surface area contributed by atoms with Gasteiger partial charge in [-0.3, -0.25) is 4.79 Å². The quantitative estimate of drug-likeness (QED) is 0.594. The summed E-state index contributed by atoms with van der Waals surface area (Å²) in [6.45, 7) is 0. The minimum atomic E-state index is -3.42. The molecule has 2 heterocycles. The number of aromatic nitrogens is 1. The van der Waals surface area contributed by atoms with Crippen LogP contribution in [0.25, 0.3) is 5.69 Å². The molecule has 1 aromatic carbocycles. The zero-order valence-electron chi connectivity index (χ0n) is 19.8. The van der Waals surface area contributed by atoms with Gasteiger partial charge in [0.05, 0.1) is 33.7 Å². The maximum Gasteiger partial charge on any atom is 0.253 e. The van der Waals surface area contributed by atoms with Gasteiger partial charge in [-0.15, -0.1) is 0 Å². The van der Waals surface area contributed by atoms with Crippen LogP contribution in [0.1, 0.15) is 78.7 Å². The van der Waals surface area contributed by atoms with Gasteiger partial charge in [-0.05, 0) is 87.3 Å². The van der Waals surface area contributed by atoms with E-state index >= 15 is 4.39 Å². The number of hydrogen-bond donors (Lipinski definition) is 3. The number of halogens is 1. The molecule has 0 atom stereocenters. The number of fused-ring (bicyclic) bond motifs is 3. The lowest BCUT2D eigenvalue weighted by atomic mass is 9.67. The van der Waals surface area contributed by atoms with Crippen molar-refractivity contribution < 1.29 is 22.7 Å². The fraction of sp³-hybridized carbons (Fsp3) is 0.577. The summed E-state index contributed by atoms with van der Waals surface area (Å²) in [5.41, 5.74) is 8.66. The van der Waals surface area contributed by atoms with Crippen molar-refractivity contribution in [1.29, 1.82) is 0 Å². The Morgan fingerprint density at radius 1 is 1.11 bits per heavy atom. The third-order valence-corrected chi connectivity index (χ3v) is 10.8. The van der Waals surface area contributed by atoms with Gasteiger partial charge in [-0.2, -0.15) is 0 Å². The van der Waals surface area contributed by atoms with Crippen molar-refractivity contribution >= 4 is 21.4 Å². The van der Waals surface area contributed by atoms with E-state index in [2.05, 4.69) is 5.32 Å². The molecule has 4 N–H and O–H groups in total. The molecule has 9 heteroatoms. The number of nitrogens with one attached hydrogen (secondary N) is 1. The number of benzene rings is 1. The molecule has 0 saturated heterocycles. The van der Waals surface area contributed by atoms with Crippen LogP contribution in [0.4, 0.5) is 10.1 Å². The number of carbonyl (C=O) groups excluding carboxylic acids is 1. The summed E-state index contributed by atoms with van der Waals surface area (Å²) in [4.78, 5) is 12.7. The number of rotatable bonds is 4. The van der Waals surface area contributed by atoms with Crippen LogP contribution in [0.2, 0.25) is 0 Å². The van der Waals surface area contributed by atoms with E-state index in [4.69, 9.17) is 5.73 Å². The number of nitrogens with two attached hydrogens (primary N) is 1. The van der Waals surface area contributed by atoms with Crippen LogP contribution in [-0.2, 0) is 29.1 Å². The van der Waals surface area contributed by atoms with Gasteiger partial charge in [0.2, 0.25) is 0 Å².